The Morgan fingerprint density at radius 2 is 1.93 bits per heavy atom. The molecule has 1 aromatic carbocycles. The maximum Gasteiger partial charge on any atom is 0.339 e. The highest BCUT2D eigenvalue weighted by atomic mass is 16.5. The number of methoxy groups -OCH3 is 1. The van der Waals surface area contributed by atoms with Gasteiger partial charge in [-0.25, -0.2) is 9.48 Å². The number of hydrogen-bond acceptors (Lipinski definition) is 7. The number of esters is 2. The largest absolute Gasteiger partial charge is 0.465 e. The van der Waals surface area contributed by atoms with E-state index >= 15 is 0 Å². The van der Waals surface area contributed by atoms with E-state index in [0.29, 0.717) is 27.9 Å². The van der Waals surface area contributed by atoms with Crippen LogP contribution in [0.5, 0.6) is 0 Å². The van der Waals surface area contributed by atoms with Crippen molar-refractivity contribution in [3.05, 3.63) is 46.8 Å². The van der Waals surface area contributed by atoms with Gasteiger partial charge in [0, 0.05) is 5.69 Å². The van der Waals surface area contributed by atoms with Gasteiger partial charge < -0.3 is 14.5 Å². The van der Waals surface area contributed by atoms with Crippen LogP contribution in [0.2, 0.25) is 0 Å². The van der Waals surface area contributed by atoms with Gasteiger partial charge in [-0.1, -0.05) is 17.3 Å². The normalized spacial score (nSPS) is 12.0. The lowest BCUT2D eigenvalue weighted by molar-refractivity contribution is -0.147. The fraction of sp³-hybridized carbons (Fsp3) is 0.316. The van der Waals surface area contributed by atoms with E-state index in [1.807, 2.05) is 12.1 Å². The lowest BCUT2D eigenvalue weighted by atomic mass is 10.1. The number of aromatic nitrogens is 4. The fourth-order valence-electron chi connectivity index (χ4n) is 3.05. The molecule has 0 radical (unpaired) electrons. The number of para-hydroxylation sites is 1. The van der Waals surface area contributed by atoms with Crippen LogP contribution >= 0.6 is 0 Å². The van der Waals surface area contributed by atoms with E-state index < -0.39 is 23.8 Å². The quantitative estimate of drug-likeness (QED) is 0.510. The molecule has 3 rings (SSSR count). The number of aromatic amines is 1. The van der Waals surface area contributed by atoms with Crippen LogP contribution in [0.25, 0.3) is 11.0 Å². The monoisotopic (exact) mass is 384 g/mol. The van der Waals surface area contributed by atoms with E-state index in [0.717, 1.165) is 0 Å². The summed E-state index contributed by atoms with van der Waals surface area (Å²) >= 11 is 0. The number of fused-ring (bicyclic) bond motifs is 1. The summed E-state index contributed by atoms with van der Waals surface area (Å²) in [7, 11) is 1.27. The molecule has 9 nitrogen and oxygen atoms in total. The van der Waals surface area contributed by atoms with Crippen molar-refractivity contribution < 1.29 is 23.9 Å². The predicted molar refractivity (Wildman–Crippen MR) is 99.0 cm³/mol. The first-order chi connectivity index (χ1) is 13.3. The number of aryl methyl sites for hydroxylation is 1. The first-order valence-electron chi connectivity index (χ1n) is 8.62. The van der Waals surface area contributed by atoms with Crippen molar-refractivity contribution in [3.8, 4) is 0 Å². The second-order valence-corrected chi connectivity index (χ2v) is 6.35. The number of hydrogen-bond donors (Lipinski definition) is 1. The van der Waals surface area contributed by atoms with Gasteiger partial charge in [-0.3, -0.25) is 9.59 Å². The molecule has 0 bridgehead atoms. The first-order valence-corrected chi connectivity index (χ1v) is 8.62. The molecule has 28 heavy (non-hydrogen) atoms. The number of ether oxygens (including phenoxy) is 2. The van der Waals surface area contributed by atoms with E-state index in [-0.39, 0.29) is 12.2 Å². The molecule has 3 aromatic rings. The maximum absolute atomic E-state index is 12.7. The third-order valence-electron chi connectivity index (χ3n) is 4.45. The Bertz CT molecular complexity index is 1070. The van der Waals surface area contributed by atoms with Crippen LogP contribution in [0.3, 0.4) is 0 Å². The number of rotatable bonds is 6. The van der Waals surface area contributed by atoms with Crippen LogP contribution in [0.15, 0.2) is 24.3 Å². The number of carbonyl (C=O) groups is 3. The summed E-state index contributed by atoms with van der Waals surface area (Å²) in [6.07, 6.45) is -1.04. The molecule has 9 heteroatoms. The van der Waals surface area contributed by atoms with Gasteiger partial charge in [0.1, 0.15) is 12.1 Å². The average molecular weight is 384 g/mol. The number of nitrogens with one attached hydrogen (secondary N) is 1. The van der Waals surface area contributed by atoms with Gasteiger partial charge in [0.15, 0.2) is 6.10 Å². The van der Waals surface area contributed by atoms with Crippen LogP contribution in [-0.2, 0) is 20.8 Å². The Hall–Kier alpha value is -3.49. The maximum atomic E-state index is 12.7. The number of Topliss-reactive ketones (excluding diaryl/α,β-unsaturated/α-hetero) is 1. The third kappa shape index (κ3) is 3.51. The first kappa shape index (κ1) is 19.3. The van der Waals surface area contributed by atoms with Gasteiger partial charge in [0.25, 0.3) is 0 Å². The second kappa shape index (κ2) is 7.63. The smallest absolute Gasteiger partial charge is 0.339 e. The summed E-state index contributed by atoms with van der Waals surface area (Å²) < 4.78 is 11.4. The fourth-order valence-corrected chi connectivity index (χ4v) is 3.05. The summed E-state index contributed by atoms with van der Waals surface area (Å²) in [6, 6.07) is 7.21. The van der Waals surface area contributed by atoms with E-state index in [1.165, 1.54) is 18.7 Å². The molecular formula is C19H20N4O5. The summed E-state index contributed by atoms with van der Waals surface area (Å²) in [5.74, 6) is -1.59. The molecule has 2 aromatic heterocycles. The third-order valence-corrected chi connectivity index (χ3v) is 4.45. The number of H-pyrrole nitrogens is 1. The van der Waals surface area contributed by atoms with E-state index in [1.54, 1.807) is 26.0 Å². The van der Waals surface area contributed by atoms with Crippen molar-refractivity contribution in [2.75, 3.05) is 7.11 Å². The van der Waals surface area contributed by atoms with Crippen molar-refractivity contribution in [1.29, 1.82) is 0 Å². The zero-order chi connectivity index (χ0) is 20.4. The van der Waals surface area contributed by atoms with E-state index in [9.17, 15) is 14.4 Å². The standard InChI is InChI=1S/C19H20N4O5/c1-10-16(19(26)27-4)11(2)20-17(10)18(25)12(3)28-15(24)9-23-14-8-6-5-7-13(14)21-22-23/h5-8,12,20H,9H2,1-4H3. The molecule has 2 heterocycles. The van der Waals surface area contributed by atoms with Gasteiger partial charge in [-0.05, 0) is 38.5 Å². The molecule has 146 valence electrons. The van der Waals surface area contributed by atoms with Gasteiger partial charge in [0.05, 0.1) is 23.9 Å². The number of nitrogens with zero attached hydrogens (tertiary/aromatic N) is 3. The molecule has 1 N–H and O–H groups in total. The molecule has 0 aliphatic heterocycles. The summed E-state index contributed by atoms with van der Waals surface area (Å²) in [5.41, 5.74) is 2.84. The van der Waals surface area contributed by atoms with Crippen LogP contribution < -0.4 is 0 Å². The summed E-state index contributed by atoms with van der Waals surface area (Å²) in [5, 5.41) is 7.90. The lowest BCUT2D eigenvalue weighted by Gasteiger charge is -2.12. The van der Waals surface area contributed by atoms with Crippen LogP contribution in [0.1, 0.15) is 39.0 Å². The van der Waals surface area contributed by atoms with Crippen LogP contribution in [-0.4, -0.2) is 50.9 Å². The Balaban J connectivity index is 1.72. The van der Waals surface area contributed by atoms with Crippen molar-refractivity contribution >= 4 is 28.8 Å². The molecule has 1 atom stereocenters. The van der Waals surface area contributed by atoms with Gasteiger partial charge in [0.2, 0.25) is 5.78 Å². The van der Waals surface area contributed by atoms with Gasteiger partial charge in [-0.2, -0.15) is 0 Å². The number of benzene rings is 1. The topological polar surface area (TPSA) is 116 Å². The van der Waals surface area contributed by atoms with Crippen LogP contribution in [0.4, 0.5) is 0 Å². The van der Waals surface area contributed by atoms with Crippen LogP contribution in [0, 0.1) is 13.8 Å². The minimum absolute atomic E-state index is 0.172. The molecule has 0 saturated carbocycles. The van der Waals surface area contributed by atoms with E-state index in [2.05, 4.69) is 15.3 Å². The SMILES string of the molecule is COC(=O)c1c(C)[nH]c(C(=O)C(C)OC(=O)Cn2nnc3ccccc32)c1C. The Labute approximate surface area is 160 Å². The molecule has 0 saturated heterocycles. The van der Waals surface area contributed by atoms with Crippen molar-refractivity contribution in [1.82, 2.24) is 20.0 Å². The zero-order valence-corrected chi connectivity index (χ0v) is 16.0. The predicted octanol–water partition coefficient (Wildman–Crippen LogP) is 1.98. The Morgan fingerprint density at radius 1 is 1.21 bits per heavy atom. The molecule has 0 amide bonds. The van der Waals surface area contributed by atoms with E-state index in [4.69, 9.17) is 9.47 Å². The Kier molecular flexibility index (Phi) is 5.25. The summed E-state index contributed by atoms with van der Waals surface area (Å²) in [4.78, 5) is 39.7. The van der Waals surface area contributed by atoms with Gasteiger partial charge >= 0.3 is 11.9 Å². The molecule has 0 aliphatic carbocycles. The number of ketones is 1. The zero-order valence-electron chi connectivity index (χ0n) is 16.0. The molecular weight excluding hydrogens is 364 g/mol. The highest BCUT2D eigenvalue weighted by Gasteiger charge is 2.27. The molecule has 0 aliphatic rings. The Morgan fingerprint density at radius 3 is 2.64 bits per heavy atom. The minimum atomic E-state index is -1.04. The molecule has 0 spiro atoms. The van der Waals surface area contributed by atoms with Crippen molar-refractivity contribution in [2.24, 2.45) is 0 Å². The molecule has 0 fully saturated rings. The minimum Gasteiger partial charge on any atom is -0.465 e. The van der Waals surface area contributed by atoms with Crippen molar-refractivity contribution in [3.63, 3.8) is 0 Å². The van der Waals surface area contributed by atoms with Gasteiger partial charge in [-0.15, -0.1) is 5.10 Å². The number of carbonyl (C=O) groups excluding carboxylic acids is 3. The second-order valence-electron chi connectivity index (χ2n) is 6.35. The lowest BCUT2D eigenvalue weighted by Crippen LogP contribution is -2.27. The highest BCUT2D eigenvalue weighted by molar-refractivity contribution is 6.03. The highest BCUT2D eigenvalue weighted by Crippen LogP contribution is 2.21. The van der Waals surface area contributed by atoms with Crippen molar-refractivity contribution in [2.45, 2.75) is 33.4 Å². The average Bonchev–Trinajstić information content (AvgIpc) is 3.21. The summed E-state index contributed by atoms with van der Waals surface area (Å²) in [6.45, 7) is 4.61. The molecule has 1 unspecified atom stereocenters.